The molecule has 0 aromatic heterocycles. The highest BCUT2D eigenvalue weighted by Crippen LogP contribution is 2.15. The zero-order valence-electron chi connectivity index (χ0n) is 19.1. The zero-order valence-corrected chi connectivity index (χ0v) is 19.1. The first-order valence-electron chi connectivity index (χ1n) is 9.89. The Morgan fingerprint density at radius 1 is 1.03 bits per heavy atom. The summed E-state index contributed by atoms with van der Waals surface area (Å²) in [7, 11) is 2.37. The van der Waals surface area contributed by atoms with Gasteiger partial charge in [-0.3, -0.25) is 0 Å². The summed E-state index contributed by atoms with van der Waals surface area (Å²) in [5.41, 5.74) is 0.373. The summed E-state index contributed by atoms with van der Waals surface area (Å²) in [4.78, 5) is 47.7. The van der Waals surface area contributed by atoms with Gasteiger partial charge in [0.05, 0.1) is 26.9 Å². The molecule has 1 aromatic rings. The minimum absolute atomic E-state index is 0.108. The Morgan fingerprint density at radius 2 is 1.66 bits per heavy atom. The Balaban J connectivity index is 2.96. The molecule has 0 saturated heterocycles. The molecular formula is C22H30N2O8. The van der Waals surface area contributed by atoms with Crippen LogP contribution in [0.1, 0.15) is 33.3 Å². The molecular weight excluding hydrogens is 420 g/mol. The minimum atomic E-state index is -0.951. The van der Waals surface area contributed by atoms with Gasteiger partial charge < -0.3 is 29.6 Å². The fraction of sp³-hybridized carbons (Fsp3) is 0.455. The molecule has 1 atom stereocenters. The molecule has 0 saturated carbocycles. The summed E-state index contributed by atoms with van der Waals surface area (Å²) < 4.78 is 19.4. The highest BCUT2D eigenvalue weighted by atomic mass is 16.6. The van der Waals surface area contributed by atoms with Crippen molar-refractivity contribution in [2.75, 3.05) is 26.1 Å². The molecule has 0 aliphatic heterocycles. The topological polar surface area (TPSA) is 129 Å². The first kappa shape index (κ1) is 26.5. The molecule has 0 heterocycles. The van der Waals surface area contributed by atoms with Gasteiger partial charge in [-0.25, -0.2) is 19.2 Å². The van der Waals surface area contributed by atoms with Crippen LogP contribution < -0.4 is 10.6 Å². The Kier molecular flexibility index (Phi) is 10.2. The first-order valence-corrected chi connectivity index (χ1v) is 9.89. The molecule has 1 unspecified atom stereocenters. The second-order valence-electron chi connectivity index (χ2n) is 7.55. The summed E-state index contributed by atoms with van der Waals surface area (Å²) >= 11 is 0. The number of rotatable bonds is 9. The average Bonchev–Trinajstić information content (AvgIpc) is 2.72. The number of amides is 1. The SMILES string of the molecule is CCOC(=O)C(Cc1ccc(N/C(=C/C(=O)OC)C(=O)OC)cc1)NC(=O)OC(C)(C)C. The molecule has 10 heteroatoms. The van der Waals surface area contributed by atoms with Crippen LogP contribution in [0.5, 0.6) is 0 Å². The lowest BCUT2D eigenvalue weighted by atomic mass is 10.1. The molecule has 0 spiro atoms. The third-order valence-electron chi connectivity index (χ3n) is 3.80. The normalized spacial score (nSPS) is 12.2. The summed E-state index contributed by atoms with van der Waals surface area (Å²) in [5.74, 6) is -2.06. The van der Waals surface area contributed by atoms with Crippen molar-refractivity contribution in [3.8, 4) is 0 Å². The third kappa shape index (κ3) is 9.50. The van der Waals surface area contributed by atoms with Crippen LogP contribution >= 0.6 is 0 Å². The molecule has 1 rings (SSSR count). The molecule has 176 valence electrons. The maximum atomic E-state index is 12.3. The lowest BCUT2D eigenvalue weighted by Gasteiger charge is -2.23. The maximum Gasteiger partial charge on any atom is 0.408 e. The molecule has 10 nitrogen and oxygen atoms in total. The number of benzene rings is 1. The molecule has 0 radical (unpaired) electrons. The van der Waals surface area contributed by atoms with Crippen molar-refractivity contribution < 1.29 is 38.1 Å². The van der Waals surface area contributed by atoms with Crippen molar-refractivity contribution in [2.45, 2.75) is 45.8 Å². The molecule has 2 N–H and O–H groups in total. The largest absolute Gasteiger partial charge is 0.466 e. The lowest BCUT2D eigenvalue weighted by Crippen LogP contribution is -2.45. The van der Waals surface area contributed by atoms with Crippen LogP contribution in [0.25, 0.3) is 0 Å². The standard InChI is InChI=1S/C22H30N2O8/c1-7-31-20(27)16(24-21(28)32-22(2,3)4)12-14-8-10-15(11-9-14)23-17(19(26)30-6)13-18(25)29-5/h8-11,13,16,23H,7,12H2,1-6H3,(H,24,28)/b17-13+. The smallest absolute Gasteiger partial charge is 0.408 e. The van der Waals surface area contributed by atoms with Crippen LogP contribution in [0.4, 0.5) is 10.5 Å². The number of esters is 3. The molecule has 32 heavy (non-hydrogen) atoms. The van der Waals surface area contributed by atoms with Crippen LogP contribution in [0.3, 0.4) is 0 Å². The fourth-order valence-electron chi connectivity index (χ4n) is 2.43. The number of carbonyl (C=O) groups is 4. The summed E-state index contributed by atoms with van der Waals surface area (Å²) in [5, 5.41) is 5.31. The quantitative estimate of drug-likeness (QED) is 0.331. The Labute approximate surface area is 187 Å². The predicted octanol–water partition coefficient (Wildman–Crippen LogP) is 2.33. The van der Waals surface area contributed by atoms with Crippen molar-refractivity contribution in [1.29, 1.82) is 0 Å². The van der Waals surface area contributed by atoms with Gasteiger partial charge >= 0.3 is 24.0 Å². The number of alkyl carbamates (subject to hydrolysis) is 1. The predicted molar refractivity (Wildman–Crippen MR) is 116 cm³/mol. The number of anilines is 1. The van der Waals surface area contributed by atoms with Crippen LogP contribution in [0.2, 0.25) is 0 Å². The molecule has 0 fully saturated rings. The number of ether oxygens (including phenoxy) is 4. The van der Waals surface area contributed by atoms with Crippen LogP contribution in [0, 0.1) is 0 Å². The van der Waals surface area contributed by atoms with E-state index in [2.05, 4.69) is 20.1 Å². The molecule has 0 aliphatic carbocycles. The van der Waals surface area contributed by atoms with E-state index in [0.29, 0.717) is 11.3 Å². The molecule has 1 amide bonds. The van der Waals surface area contributed by atoms with Crippen LogP contribution in [-0.4, -0.2) is 56.5 Å². The van der Waals surface area contributed by atoms with Crippen LogP contribution in [0.15, 0.2) is 36.0 Å². The number of carbonyl (C=O) groups excluding carboxylic acids is 4. The van der Waals surface area contributed by atoms with Gasteiger partial charge in [0.25, 0.3) is 0 Å². The fourth-order valence-corrected chi connectivity index (χ4v) is 2.43. The van der Waals surface area contributed by atoms with E-state index < -0.39 is 35.6 Å². The third-order valence-corrected chi connectivity index (χ3v) is 3.80. The monoisotopic (exact) mass is 450 g/mol. The summed E-state index contributed by atoms with van der Waals surface area (Å²) in [6.45, 7) is 6.99. The molecule has 0 bridgehead atoms. The minimum Gasteiger partial charge on any atom is -0.466 e. The summed E-state index contributed by atoms with van der Waals surface area (Å²) in [6, 6.07) is 5.71. The Morgan fingerprint density at radius 3 is 2.16 bits per heavy atom. The van der Waals surface area contributed by atoms with Crippen molar-refractivity contribution in [1.82, 2.24) is 5.32 Å². The van der Waals surface area contributed by atoms with E-state index in [1.165, 1.54) is 14.2 Å². The van der Waals surface area contributed by atoms with Gasteiger partial charge in [-0.15, -0.1) is 0 Å². The number of hydrogen-bond acceptors (Lipinski definition) is 9. The van der Waals surface area contributed by atoms with Crippen molar-refractivity contribution in [3.05, 3.63) is 41.6 Å². The van der Waals surface area contributed by atoms with Gasteiger partial charge in [-0.2, -0.15) is 0 Å². The first-order chi connectivity index (χ1) is 15.0. The zero-order chi connectivity index (χ0) is 24.3. The van der Waals surface area contributed by atoms with Gasteiger partial charge in [-0.1, -0.05) is 12.1 Å². The van der Waals surface area contributed by atoms with Gasteiger partial charge in [0, 0.05) is 12.1 Å². The van der Waals surface area contributed by atoms with Gasteiger partial charge in [-0.05, 0) is 45.4 Å². The summed E-state index contributed by atoms with van der Waals surface area (Å²) in [6.07, 6.45) is 0.395. The van der Waals surface area contributed by atoms with E-state index in [9.17, 15) is 19.2 Å². The number of methoxy groups -OCH3 is 2. The van der Waals surface area contributed by atoms with Gasteiger partial charge in [0.15, 0.2) is 0 Å². The van der Waals surface area contributed by atoms with Gasteiger partial charge in [0.1, 0.15) is 17.3 Å². The van der Waals surface area contributed by atoms with E-state index in [-0.39, 0.29) is 18.7 Å². The average molecular weight is 450 g/mol. The molecule has 1 aromatic carbocycles. The van der Waals surface area contributed by atoms with Gasteiger partial charge in [0.2, 0.25) is 0 Å². The number of hydrogen-bond donors (Lipinski definition) is 2. The Bertz CT molecular complexity index is 840. The second-order valence-corrected chi connectivity index (χ2v) is 7.55. The van der Waals surface area contributed by atoms with Crippen molar-refractivity contribution in [2.24, 2.45) is 0 Å². The van der Waals surface area contributed by atoms with E-state index in [1.807, 2.05) is 0 Å². The van der Waals surface area contributed by atoms with E-state index in [0.717, 1.165) is 6.08 Å². The van der Waals surface area contributed by atoms with Crippen molar-refractivity contribution in [3.63, 3.8) is 0 Å². The Hall–Kier alpha value is -3.56. The molecule has 0 aliphatic rings. The van der Waals surface area contributed by atoms with E-state index in [4.69, 9.17) is 9.47 Å². The second kappa shape index (κ2) is 12.3. The highest BCUT2D eigenvalue weighted by molar-refractivity contribution is 5.98. The maximum absolute atomic E-state index is 12.3. The van der Waals surface area contributed by atoms with Crippen LogP contribution in [-0.2, 0) is 39.8 Å². The van der Waals surface area contributed by atoms with E-state index >= 15 is 0 Å². The number of nitrogens with one attached hydrogen (secondary N) is 2. The van der Waals surface area contributed by atoms with Crippen molar-refractivity contribution >= 4 is 29.7 Å². The highest BCUT2D eigenvalue weighted by Gasteiger charge is 2.25. The lowest BCUT2D eigenvalue weighted by molar-refractivity contribution is -0.145. The van der Waals surface area contributed by atoms with E-state index in [1.54, 1.807) is 52.0 Å².